The lowest BCUT2D eigenvalue weighted by molar-refractivity contribution is -0.354. The average Bonchev–Trinajstić information content (AvgIpc) is 3.28. The number of benzene rings is 2. The minimum Gasteiger partial charge on any atom is -0.463 e. The maximum Gasteiger partial charge on any atom is 0.338 e. The van der Waals surface area contributed by atoms with Crippen LogP contribution in [0.5, 0.6) is 0 Å². The number of rotatable bonds is 9. The van der Waals surface area contributed by atoms with Crippen molar-refractivity contribution in [1.82, 2.24) is 0 Å². The van der Waals surface area contributed by atoms with Crippen molar-refractivity contribution < 1.29 is 72.5 Å². The summed E-state index contributed by atoms with van der Waals surface area (Å²) < 4.78 is 42.1. The highest BCUT2D eigenvalue weighted by Crippen LogP contribution is 2.66. The third-order valence-electron chi connectivity index (χ3n) is 11.3. The number of fused-ring (bicyclic) bond motifs is 1. The molecule has 2 aromatic carbocycles. The van der Waals surface area contributed by atoms with Gasteiger partial charge >= 0.3 is 23.9 Å². The van der Waals surface area contributed by atoms with Crippen LogP contribution < -0.4 is 0 Å². The molecule has 12 unspecified atom stereocenters. The van der Waals surface area contributed by atoms with E-state index in [4.69, 9.17) is 33.2 Å². The van der Waals surface area contributed by atoms with Crippen LogP contribution in [0.2, 0.25) is 0 Å². The lowest BCUT2D eigenvalue weighted by Gasteiger charge is -2.63. The zero-order valence-corrected chi connectivity index (χ0v) is 30.8. The van der Waals surface area contributed by atoms with Crippen LogP contribution in [0.3, 0.4) is 0 Å². The first-order valence-electron chi connectivity index (χ1n) is 17.8. The van der Waals surface area contributed by atoms with E-state index >= 15 is 0 Å². The molecular formula is C39H46O15. The van der Waals surface area contributed by atoms with Gasteiger partial charge in [0.25, 0.3) is 0 Å². The van der Waals surface area contributed by atoms with Gasteiger partial charge in [-0.15, -0.1) is 0 Å². The molecule has 15 heteroatoms. The molecule has 2 saturated heterocycles. The van der Waals surface area contributed by atoms with Crippen LogP contribution in [-0.2, 0) is 47.5 Å². The molecule has 2 saturated carbocycles. The Morgan fingerprint density at radius 1 is 0.815 bits per heavy atom. The third kappa shape index (κ3) is 6.60. The standard InChI is InChI=1S/C39H46O15/c1-20(40)48-19-26-28(42)29(43)30(49-21(2)41)35(51-26)50-25-18-37(5,47)39-31(44)24(36(3,4)54-39)17-27(52-33(45)22-13-9-7-10-14-22)38(39,6)32(25)53-34(46)23-15-11-8-12-16-23/h7-16,24-30,32,35,42-43,47H,17-19H2,1-6H3. The molecule has 0 amide bonds. The Hall–Kier alpha value is -4.25. The first-order valence-corrected chi connectivity index (χ1v) is 17.8. The molecule has 2 heterocycles. The topological polar surface area (TPSA) is 211 Å². The van der Waals surface area contributed by atoms with Gasteiger partial charge in [0.15, 0.2) is 23.8 Å². The molecule has 0 aromatic heterocycles. The molecule has 6 rings (SSSR count). The summed E-state index contributed by atoms with van der Waals surface area (Å²) in [6.45, 7) is 7.99. The fourth-order valence-electron chi connectivity index (χ4n) is 8.76. The van der Waals surface area contributed by atoms with Crippen molar-refractivity contribution in [3.63, 3.8) is 0 Å². The quantitative estimate of drug-likeness (QED) is 0.190. The first-order chi connectivity index (χ1) is 25.3. The van der Waals surface area contributed by atoms with E-state index < -0.39 is 120 Å². The van der Waals surface area contributed by atoms with Crippen LogP contribution in [0.4, 0.5) is 0 Å². The van der Waals surface area contributed by atoms with Crippen LogP contribution in [0, 0.1) is 11.3 Å². The zero-order chi connectivity index (χ0) is 39.4. The summed E-state index contributed by atoms with van der Waals surface area (Å²) in [6.07, 6.45) is -13.1. The van der Waals surface area contributed by atoms with Gasteiger partial charge in [-0.2, -0.15) is 0 Å². The SMILES string of the molecule is CC(=O)OCC1OC(OC2CC(C)(O)C34OC(C)(C)C(CC(OC(=O)c5ccccc5)C3(C)C2OC(=O)c2ccccc2)C4=O)C(OC(C)=O)C(O)C1O. The van der Waals surface area contributed by atoms with Crippen molar-refractivity contribution in [2.45, 2.75) is 120 Å². The number of carbonyl (C=O) groups excluding carboxylic acids is 5. The average molecular weight is 755 g/mol. The monoisotopic (exact) mass is 754 g/mol. The van der Waals surface area contributed by atoms with Crippen LogP contribution in [-0.4, -0.2) is 117 Å². The van der Waals surface area contributed by atoms with Crippen molar-refractivity contribution in [3.05, 3.63) is 71.8 Å². The Morgan fingerprint density at radius 3 is 1.94 bits per heavy atom. The van der Waals surface area contributed by atoms with E-state index in [2.05, 4.69) is 0 Å². The molecule has 2 aliphatic carbocycles. The number of hydrogen-bond acceptors (Lipinski definition) is 15. The number of hydrogen-bond donors (Lipinski definition) is 3. The normalized spacial score (nSPS) is 38.1. The fraction of sp³-hybridized carbons (Fsp3) is 0.564. The van der Waals surface area contributed by atoms with Crippen LogP contribution in [0.1, 0.15) is 75.1 Å². The van der Waals surface area contributed by atoms with Gasteiger partial charge in [0.05, 0.1) is 28.1 Å². The van der Waals surface area contributed by atoms with Crippen molar-refractivity contribution in [2.75, 3.05) is 6.61 Å². The zero-order valence-electron chi connectivity index (χ0n) is 30.8. The Balaban J connectivity index is 1.49. The fourth-order valence-corrected chi connectivity index (χ4v) is 8.76. The first kappa shape index (κ1) is 39.4. The van der Waals surface area contributed by atoms with E-state index in [-0.39, 0.29) is 17.5 Å². The molecule has 2 aromatic rings. The highest BCUT2D eigenvalue weighted by molar-refractivity contribution is 5.97. The van der Waals surface area contributed by atoms with E-state index in [1.54, 1.807) is 62.4 Å². The van der Waals surface area contributed by atoms with Crippen molar-refractivity contribution in [2.24, 2.45) is 11.3 Å². The van der Waals surface area contributed by atoms with Crippen LogP contribution in [0.25, 0.3) is 0 Å². The second-order valence-corrected chi connectivity index (χ2v) is 15.3. The third-order valence-corrected chi connectivity index (χ3v) is 11.3. The summed E-state index contributed by atoms with van der Waals surface area (Å²) >= 11 is 0. The van der Waals surface area contributed by atoms with Gasteiger partial charge in [-0.1, -0.05) is 36.4 Å². The second kappa shape index (κ2) is 14.4. The summed E-state index contributed by atoms with van der Waals surface area (Å²) in [4.78, 5) is 66.4. The van der Waals surface area contributed by atoms with Crippen LogP contribution >= 0.6 is 0 Å². The lowest BCUT2D eigenvalue weighted by atomic mass is 9.47. The smallest absolute Gasteiger partial charge is 0.338 e. The maximum absolute atomic E-state index is 14.7. The van der Waals surface area contributed by atoms with E-state index in [9.17, 15) is 39.3 Å². The maximum atomic E-state index is 14.7. The summed E-state index contributed by atoms with van der Waals surface area (Å²) in [6, 6.07) is 16.1. The van der Waals surface area contributed by atoms with Crippen molar-refractivity contribution in [3.8, 4) is 0 Å². The van der Waals surface area contributed by atoms with E-state index in [1.807, 2.05) is 0 Å². The molecule has 4 fully saturated rings. The number of aliphatic hydroxyl groups excluding tert-OH is 2. The highest BCUT2D eigenvalue weighted by Gasteiger charge is 2.83. The van der Waals surface area contributed by atoms with E-state index in [1.165, 1.54) is 26.0 Å². The van der Waals surface area contributed by atoms with Crippen LogP contribution in [0.15, 0.2) is 60.7 Å². The summed E-state index contributed by atoms with van der Waals surface area (Å²) in [5.74, 6) is -4.48. The molecule has 2 aliphatic heterocycles. The molecule has 4 aliphatic rings. The van der Waals surface area contributed by atoms with Gasteiger partial charge in [-0.3, -0.25) is 14.4 Å². The minimum atomic E-state index is -2.13. The van der Waals surface area contributed by atoms with Gasteiger partial charge in [0.1, 0.15) is 48.8 Å². The van der Waals surface area contributed by atoms with E-state index in [0.29, 0.717) is 0 Å². The lowest BCUT2D eigenvalue weighted by Crippen LogP contribution is -2.80. The molecule has 292 valence electrons. The number of ether oxygens (including phenoxy) is 7. The molecule has 54 heavy (non-hydrogen) atoms. The molecule has 3 N–H and O–H groups in total. The molecule has 12 atom stereocenters. The predicted octanol–water partition coefficient (Wildman–Crippen LogP) is 2.06. The minimum absolute atomic E-state index is 0.0732. The Morgan fingerprint density at radius 2 is 1.39 bits per heavy atom. The Labute approximate surface area is 311 Å². The highest BCUT2D eigenvalue weighted by atomic mass is 16.7. The number of carbonyl (C=O) groups is 5. The Bertz CT molecular complexity index is 1760. The molecular weight excluding hydrogens is 708 g/mol. The summed E-state index contributed by atoms with van der Waals surface area (Å²) in [5.41, 5.74) is -6.95. The molecule has 1 spiro atoms. The van der Waals surface area contributed by atoms with Gasteiger partial charge in [-0.25, -0.2) is 9.59 Å². The summed E-state index contributed by atoms with van der Waals surface area (Å²) in [7, 11) is 0. The molecule has 0 radical (unpaired) electrons. The van der Waals surface area contributed by atoms with Crippen molar-refractivity contribution in [1.29, 1.82) is 0 Å². The molecule has 15 nitrogen and oxygen atoms in total. The predicted molar refractivity (Wildman–Crippen MR) is 183 cm³/mol. The number of aliphatic hydroxyl groups is 3. The number of ketones is 1. The second-order valence-electron chi connectivity index (χ2n) is 15.3. The number of Topliss-reactive ketones (excluding diaryl/α,β-unsaturated/α-hetero) is 1. The van der Waals surface area contributed by atoms with Gasteiger partial charge in [0, 0.05) is 20.3 Å². The molecule has 2 bridgehead atoms. The van der Waals surface area contributed by atoms with E-state index in [0.717, 1.165) is 13.8 Å². The van der Waals surface area contributed by atoms with Gasteiger partial charge in [0.2, 0.25) is 0 Å². The number of esters is 4. The van der Waals surface area contributed by atoms with Crippen molar-refractivity contribution >= 4 is 29.7 Å². The summed E-state index contributed by atoms with van der Waals surface area (Å²) in [5, 5.41) is 34.6. The Kier molecular flexibility index (Phi) is 10.5. The van der Waals surface area contributed by atoms with Gasteiger partial charge < -0.3 is 48.5 Å². The largest absolute Gasteiger partial charge is 0.463 e. The van der Waals surface area contributed by atoms with Gasteiger partial charge in [-0.05, 0) is 58.4 Å².